The number of hydrogen-bond acceptors (Lipinski definition) is 6. The van der Waals surface area contributed by atoms with Crippen molar-refractivity contribution in [2.24, 2.45) is 0 Å². The van der Waals surface area contributed by atoms with Crippen LogP contribution in [0.2, 0.25) is 0 Å². The lowest BCUT2D eigenvalue weighted by molar-refractivity contribution is -0.127. The monoisotopic (exact) mass is 386 g/mol. The van der Waals surface area contributed by atoms with Gasteiger partial charge in [-0.1, -0.05) is 36.7 Å². The molecule has 8 heteroatoms. The second kappa shape index (κ2) is 7.19. The molecular formula is C19H18N2O5S. The Morgan fingerprint density at radius 3 is 2.70 bits per heavy atom. The molecule has 1 aliphatic carbocycles. The van der Waals surface area contributed by atoms with E-state index in [1.165, 1.54) is 11.0 Å². The summed E-state index contributed by atoms with van der Waals surface area (Å²) in [7, 11) is 0. The van der Waals surface area contributed by atoms with E-state index < -0.39 is 5.91 Å². The summed E-state index contributed by atoms with van der Waals surface area (Å²) in [5.41, 5.74) is 0.0557. The number of imide groups is 1. The van der Waals surface area contributed by atoms with Gasteiger partial charge in [-0.25, -0.2) is 0 Å². The molecule has 1 aromatic heterocycles. The largest absolute Gasteiger partial charge is 0.451 e. The minimum atomic E-state index is -0.512. The van der Waals surface area contributed by atoms with Crippen LogP contribution in [0.5, 0.6) is 0 Å². The van der Waals surface area contributed by atoms with Gasteiger partial charge in [0.1, 0.15) is 5.58 Å². The zero-order chi connectivity index (χ0) is 19.0. The van der Waals surface area contributed by atoms with E-state index in [2.05, 4.69) is 5.32 Å². The molecule has 1 saturated carbocycles. The van der Waals surface area contributed by atoms with Crippen molar-refractivity contribution in [2.75, 3.05) is 5.75 Å². The maximum absolute atomic E-state index is 12.7. The summed E-state index contributed by atoms with van der Waals surface area (Å²) in [6.07, 6.45) is 3.11. The van der Waals surface area contributed by atoms with Gasteiger partial charge in [0.05, 0.1) is 23.2 Å². The number of nitrogens with zero attached hydrogens (tertiary/aromatic N) is 1. The number of para-hydroxylation sites is 1. The summed E-state index contributed by atoms with van der Waals surface area (Å²) in [6, 6.07) is 7.20. The minimum absolute atomic E-state index is 0.0727. The average molecular weight is 386 g/mol. The Labute approximate surface area is 159 Å². The van der Waals surface area contributed by atoms with Gasteiger partial charge in [-0.2, -0.15) is 0 Å². The zero-order valence-electron chi connectivity index (χ0n) is 14.5. The highest BCUT2D eigenvalue weighted by Gasteiger charge is 2.41. The Bertz CT molecular complexity index is 969. The first-order chi connectivity index (χ1) is 13.0. The minimum Gasteiger partial charge on any atom is -0.451 e. The first-order valence-corrected chi connectivity index (χ1v) is 9.86. The highest BCUT2D eigenvalue weighted by Crippen LogP contribution is 2.30. The molecule has 2 aromatic rings. The number of carbonyl (C=O) groups is 3. The van der Waals surface area contributed by atoms with Crippen molar-refractivity contribution in [3.05, 3.63) is 46.3 Å². The molecule has 4 rings (SSSR count). The molecule has 0 spiro atoms. The van der Waals surface area contributed by atoms with E-state index in [4.69, 9.17) is 4.42 Å². The van der Waals surface area contributed by atoms with Crippen LogP contribution >= 0.6 is 11.8 Å². The van der Waals surface area contributed by atoms with Crippen LogP contribution in [0.25, 0.3) is 11.0 Å². The summed E-state index contributed by atoms with van der Waals surface area (Å²) in [5, 5.41) is 3.02. The van der Waals surface area contributed by atoms with Gasteiger partial charge in [-0.3, -0.25) is 24.1 Å². The van der Waals surface area contributed by atoms with Crippen LogP contribution in [-0.2, 0) is 4.79 Å². The molecule has 1 aliphatic heterocycles. The van der Waals surface area contributed by atoms with Crippen LogP contribution in [0.1, 0.15) is 36.2 Å². The maximum atomic E-state index is 12.7. The second-order valence-corrected chi connectivity index (χ2v) is 7.65. The lowest BCUT2D eigenvalue weighted by Crippen LogP contribution is -2.54. The highest BCUT2D eigenvalue weighted by molar-refractivity contribution is 8.14. The fourth-order valence-electron chi connectivity index (χ4n) is 3.73. The quantitative estimate of drug-likeness (QED) is 0.871. The van der Waals surface area contributed by atoms with Gasteiger partial charge in [-0.15, -0.1) is 0 Å². The molecule has 0 radical (unpaired) electrons. The van der Waals surface area contributed by atoms with E-state index >= 15 is 0 Å². The predicted molar refractivity (Wildman–Crippen MR) is 101 cm³/mol. The van der Waals surface area contributed by atoms with E-state index in [0.717, 1.165) is 24.6 Å². The second-order valence-electron chi connectivity index (χ2n) is 6.72. The van der Waals surface area contributed by atoms with Crippen molar-refractivity contribution in [2.45, 2.75) is 37.8 Å². The van der Waals surface area contributed by atoms with Crippen molar-refractivity contribution >= 4 is 39.8 Å². The van der Waals surface area contributed by atoms with Crippen LogP contribution in [0.3, 0.4) is 0 Å². The third kappa shape index (κ3) is 3.37. The van der Waals surface area contributed by atoms with Crippen LogP contribution in [-0.4, -0.2) is 39.8 Å². The number of thioether (sulfide) groups is 1. The molecule has 1 N–H and O–H groups in total. The number of benzene rings is 1. The Balaban J connectivity index is 1.58. The Hall–Kier alpha value is -2.61. The number of amides is 3. The lowest BCUT2D eigenvalue weighted by Gasteiger charge is -2.36. The number of rotatable bonds is 3. The van der Waals surface area contributed by atoms with E-state index in [0.29, 0.717) is 23.8 Å². The van der Waals surface area contributed by atoms with Crippen LogP contribution in [0.15, 0.2) is 39.5 Å². The van der Waals surface area contributed by atoms with Crippen molar-refractivity contribution in [1.29, 1.82) is 0 Å². The average Bonchev–Trinajstić information content (AvgIpc) is 3.00. The summed E-state index contributed by atoms with van der Waals surface area (Å²) in [5.74, 6) is -0.651. The van der Waals surface area contributed by atoms with Gasteiger partial charge in [0.25, 0.3) is 11.1 Å². The fraction of sp³-hybridized carbons (Fsp3) is 0.368. The Morgan fingerprint density at radius 1 is 1.15 bits per heavy atom. The van der Waals surface area contributed by atoms with Crippen molar-refractivity contribution < 1.29 is 18.8 Å². The predicted octanol–water partition coefficient (Wildman–Crippen LogP) is 2.53. The summed E-state index contributed by atoms with van der Waals surface area (Å²) in [6.45, 7) is 0. The third-order valence-corrected chi connectivity index (χ3v) is 5.86. The molecular weight excluding hydrogens is 368 g/mol. The number of carbonyl (C=O) groups excluding carboxylic acids is 3. The van der Waals surface area contributed by atoms with E-state index in [1.807, 2.05) is 0 Å². The van der Waals surface area contributed by atoms with Gasteiger partial charge in [0.15, 0.2) is 11.2 Å². The van der Waals surface area contributed by atoms with E-state index in [9.17, 15) is 19.2 Å². The number of hydrogen-bond donors (Lipinski definition) is 1. The standard InChI is InChI=1S/C19H18N2O5S/c22-14-9-16(26-15-8-4-1-5-11(14)15)18(24)20-12-6-2-3-7-13(12)21-17(23)10-27-19(21)25/h1,4-5,8-9,12-13H,2-3,6-7,10H2,(H,20,24). The molecule has 140 valence electrons. The molecule has 1 aromatic carbocycles. The van der Waals surface area contributed by atoms with Crippen LogP contribution in [0, 0.1) is 0 Å². The van der Waals surface area contributed by atoms with Crippen molar-refractivity contribution in [3.63, 3.8) is 0 Å². The van der Waals surface area contributed by atoms with Crippen LogP contribution < -0.4 is 10.7 Å². The molecule has 2 atom stereocenters. The van der Waals surface area contributed by atoms with Gasteiger partial charge < -0.3 is 9.73 Å². The number of fused-ring (bicyclic) bond motifs is 1. The summed E-state index contributed by atoms with van der Waals surface area (Å²) in [4.78, 5) is 50.4. The van der Waals surface area contributed by atoms with Crippen molar-refractivity contribution in [3.8, 4) is 0 Å². The van der Waals surface area contributed by atoms with Gasteiger partial charge in [0, 0.05) is 6.07 Å². The first-order valence-electron chi connectivity index (χ1n) is 8.87. The molecule has 3 amide bonds. The molecule has 2 heterocycles. The van der Waals surface area contributed by atoms with Crippen molar-refractivity contribution in [1.82, 2.24) is 10.2 Å². The number of nitrogens with one attached hydrogen (secondary N) is 1. The van der Waals surface area contributed by atoms with Gasteiger partial charge >= 0.3 is 0 Å². The molecule has 7 nitrogen and oxygen atoms in total. The molecule has 2 fully saturated rings. The topological polar surface area (TPSA) is 96.7 Å². The SMILES string of the molecule is O=C(NC1CCCCC1N1C(=O)CSC1=O)c1cc(=O)c2ccccc2o1. The fourth-order valence-corrected chi connectivity index (χ4v) is 4.49. The first kappa shape index (κ1) is 17.8. The Morgan fingerprint density at radius 2 is 1.93 bits per heavy atom. The molecule has 2 aliphatic rings. The zero-order valence-corrected chi connectivity index (χ0v) is 15.3. The molecule has 27 heavy (non-hydrogen) atoms. The Kier molecular flexibility index (Phi) is 4.73. The van der Waals surface area contributed by atoms with Crippen LogP contribution in [0.4, 0.5) is 4.79 Å². The molecule has 1 saturated heterocycles. The smallest absolute Gasteiger partial charge is 0.289 e. The summed E-state index contributed by atoms with van der Waals surface area (Å²) < 4.78 is 5.59. The van der Waals surface area contributed by atoms with Gasteiger partial charge in [-0.05, 0) is 25.0 Å². The third-order valence-electron chi connectivity index (χ3n) is 5.02. The molecule has 0 bridgehead atoms. The van der Waals surface area contributed by atoms with Gasteiger partial charge in [0.2, 0.25) is 5.91 Å². The van der Waals surface area contributed by atoms with E-state index in [1.54, 1.807) is 24.3 Å². The lowest BCUT2D eigenvalue weighted by atomic mass is 9.89. The summed E-state index contributed by atoms with van der Waals surface area (Å²) >= 11 is 0.993. The molecule has 2 unspecified atom stereocenters. The van der Waals surface area contributed by atoms with E-state index in [-0.39, 0.29) is 40.2 Å². The normalized spacial score (nSPS) is 23.0. The maximum Gasteiger partial charge on any atom is 0.289 e. The highest BCUT2D eigenvalue weighted by atomic mass is 32.2.